The molecule has 2 aromatic heterocycles. The second kappa shape index (κ2) is 4.65. The summed E-state index contributed by atoms with van der Waals surface area (Å²) in [5.74, 6) is 0.600. The van der Waals surface area contributed by atoms with Crippen LogP contribution in [0.2, 0.25) is 0 Å². The van der Waals surface area contributed by atoms with Crippen LogP contribution in [0.4, 0.5) is 5.95 Å². The second-order valence-corrected chi connectivity index (χ2v) is 5.21. The molecule has 0 radical (unpaired) electrons. The Morgan fingerprint density at radius 3 is 3.16 bits per heavy atom. The number of rotatable bonds is 2. The van der Waals surface area contributed by atoms with Crippen LogP contribution in [0.3, 0.4) is 0 Å². The molecule has 19 heavy (non-hydrogen) atoms. The molecule has 0 saturated carbocycles. The number of likely N-dealkylation sites (tertiary alicyclic amines) is 1. The lowest BCUT2D eigenvalue weighted by Gasteiger charge is -2.30. The molecule has 7 nitrogen and oxygen atoms in total. The molecule has 2 aromatic rings. The van der Waals surface area contributed by atoms with Crippen molar-refractivity contribution in [1.82, 2.24) is 24.7 Å². The largest absolute Gasteiger partial charge is 0.349 e. The van der Waals surface area contributed by atoms with E-state index in [-0.39, 0.29) is 5.56 Å². The predicted octanol–water partition coefficient (Wildman–Crippen LogP) is 0.232. The molecule has 1 saturated heterocycles. The summed E-state index contributed by atoms with van der Waals surface area (Å²) in [5.41, 5.74) is 1.20. The van der Waals surface area contributed by atoms with E-state index in [9.17, 15) is 4.79 Å². The topological polar surface area (TPSA) is 78.3 Å². The summed E-state index contributed by atoms with van der Waals surface area (Å²) in [6.45, 7) is 3.98. The Bertz CT molecular complexity index is 645. The van der Waals surface area contributed by atoms with Crippen LogP contribution < -0.4 is 10.9 Å². The quantitative estimate of drug-likeness (QED) is 0.810. The van der Waals surface area contributed by atoms with E-state index in [4.69, 9.17) is 0 Å². The molecule has 0 aliphatic carbocycles. The number of piperidine rings is 1. The molecule has 1 aliphatic heterocycles. The minimum Gasteiger partial charge on any atom is -0.349 e. The number of likely N-dealkylation sites (N-methyl/N-ethyl adjacent to an activating group) is 1. The number of aromatic amines is 1. The first-order valence-electron chi connectivity index (χ1n) is 6.53. The van der Waals surface area contributed by atoms with Gasteiger partial charge in [0.15, 0.2) is 0 Å². The van der Waals surface area contributed by atoms with Gasteiger partial charge in [-0.3, -0.25) is 4.79 Å². The summed E-state index contributed by atoms with van der Waals surface area (Å²) in [7, 11) is 2.11. The maximum Gasteiger partial charge on any atom is 0.290 e. The van der Waals surface area contributed by atoms with E-state index >= 15 is 0 Å². The first-order valence-corrected chi connectivity index (χ1v) is 6.53. The molecule has 0 amide bonds. The second-order valence-electron chi connectivity index (χ2n) is 5.21. The number of fused-ring (bicyclic) bond motifs is 1. The van der Waals surface area contributed by atoms with Gasteiger partial charge in [0.25, 0.3) is 5.56 Å². The van der Waals surface area contributed by atoms with Crippen molar-refractivity contribution in [1.29, 1.82) is 0 Å². The zero-order valence-electron chi connectivity index (χ0n) is 11.2. The lowest BCUT2D eigenvalue weighted by Crippen LogP contribution is -2.40. The number of nitrogens with zero attached hydrogens (tertiary/aromatic N) is 4. The van der Waals surface area contributed by atoms with E-state index in [1.165, 1.54) is 6.42 Å². The fourth-order valence-electron chi connectivity index (χ4n) is 2.63. The fraction of sp³-hybridized carbons (Fsp3) is 0.583. The van der Waals surface area contributed by atoms with Gasteiger partial charge in [-0.15, -0.1) is 5.10 Å². The van der Waals surface area contributed by atoms with Crippen LogP contribution in [0, 0.1) is 6.92 Å². The predicted molar refractivity (Wildman–Crippen MR) is 72.5 cm³/mol. The number of hydrogen-bond donors (Lipinski definition) is 2. The van der Waals surface area contributed by atoms with Crippen LogP contribution in [0.15, 0.2) is 11.0 Å². The van der Waals surface area contributed by atoms with Crippen LogP contribution in [-0.2, 0) is 0 Å². The van der Waals surface area contributed by atoms with E-state index in [0.29, 0.717) is 17.5 Å². The maximum absolute atomic E-state index is 11.7. The van der Waals surface area contributed by atoms with E-state index in [2.05, 4.69) is 32.6 Å². The van der Waals surface area contributed by atoms with Gasteiger partial charge in [0.1, 0.15) is 5.52 Å². The standard InChI is InChI=1S/C12H18N6O/c1-8-6-13-18-10(8)11(19)15-16-12(18)14-9-4-3-5-17(2)7-9/h6,9H,3-5,7H2,1-2H3,(H,14,16)(H,15,19). The van der Waals surface area contributed by atoms with Crippen LogP contribution in [0.25, 0.3) is 5.52 Å². The Morgan fingerprint density at radius 2 is 2.37 bits per heavy atom. The van der Waals surface area contributed by atoms with E-state index in [1.54, 1.807) is 10.7 Å². The Balaban J connectivity index is 1.93. The van der Waals surface area contributed by atoms with Crippen molar-refractivity contribution < 1.29 is 0 Å². The molecule has 102 valence electrons. The number of anilines is 1. The minimum atomic E-state index is -0.207. The van der Waals surface area contributed by atoms with Crippen molar-refractivity contribution >= 4 is 11.5 Å². The lowest BCUT2D eigenvalue weighted by molar-refractivity contribution is 0.260. The Labute approximate surface area is 110 Å². The number of H-pyrrole nitrogens is 1. The van der Waals surface area contributed by atoms with Gasteiger partial charge >= 0.3 is 0 Å². The molecular weight excluding hydrogens is 244 g/mol. The van der Waals surface area contributed by atoms with Gasteiger partial charge in [-0.2, -0.15) is 9.61 Å². The Hall–Kier alpha value is -1.89. The molecule has 3 heterocycles. The Morgan fingerprint density at radius 1 is 1.53 bits per heavy atom. The first-order chi connectivity index (χ1) is 9.15. The zero-order valence-corrected chi connectivity index (χ0v) is 11.2. The third-order valence-electron chi connectivity index (χ3n) is 3.59. The highest BCUT2D eigenvalue weighted by Crippen LogP contribution is 2.14. The SMILES string of the molecule is Cc1cnn2c(NC3CCCN(C)C3)n[nH]c(=O)c12. The summed E-state index contributed by atoms with van der Waals surface area (Å²) in [6.07, 6.45) is 3.95. The number of nitrogens with one attached hydrogen (secondary N) is 2. The lowest BCUT2D eigenvalue weighted by atomic mass is 10.1. The number of aromatic nitrogens is 4. The fourth-order valence-corrected chi connectivity index (χ4v) is 2.63. The van der Waals surface area contributed by atoms with Crippen LogP contribution in [-0.4, -0.2) is 50.9 Å². The monoisotopic (exact) mass is 262 g/mol. The summed E-state index contributed by atoms with van der Waals surface area (Å²) in [5, 5.41) is 14.2. The van der Waals surface area contributed by atoms with Gasteiger partial charge in [0.05, 0.1) is 6.20 Å². The van der Waals surface area contributed by atoms with Crippen LogP contribution in [0.1, 0.15) is 18.4 Å². The van der Waals surface area contributed by atoms with Crippen molar-refractivity contribution in [2.45, 2.75) is 25.8 Å². The average Bonchev–Trinajstić information content (AvgIpc) is 2.76. The third-order valence-corrected chi connectivity index (χ3v) is 3.59. The molecule has 1 aliphatic rings. The molecule has 1 fully saturated rings. The van der Waals surface area contributed by atoms with E-state index in [0.717, 1.165) is 25.1 Å². The molecule has 0 spiro atoms. The van der Waals surface area contributed by atoms with Crippen LogP contribution >= 0.6 is 0 Å². The van der Waals surface area contributed by atoms with Gasteiger partial charge in [-0.05, 0) is 33.4 Å². The molecular formula is C12H18N6O. The van der Waals surface area contributed by atoms with Gasteiger partial charge < -0.3 is 10.2 Å². The third kappa shape index (κ3) is 2.21. The highest BCUT2D eigenvalue weighted by Gasteiger charge is 2.19. The van der Waals surface area contributed by atoms with Crippen molar-refractivity contribution in [2.75, 3.05) is 25.5 Å². The van der Waals surface area contributed by atoms with Gasteiger partial charge in [0.2, 0.25) is 5.95 Å². The molecule has 0 bridgehead atoms. The van der Waals surface area contributed by atoms with Crippen molar-refractivity contribution in [2.24, 2.45) is 0 Å². The number of hydrogen-bond acceptors (Lipinski definition) is 5. The summed E-state index contributed by atoms with van der Waals surface area (Å²) in [4.78, 5) is 14.0. The van der Waals surface area contributed by atoms with Crippen LogP contribution in [0.5, 0.6) is 0 Å². The summed E-state index contributed by atoms with van der Waals surface area (Å²) >= 11 is 0. The van der Waals surface area contributed by atoms with Gasteiger partial charge in [-0.25, -0.2) is 5.10 Å². The minimum absolute atomic E-state index is 0.207. The van der Waals surface area contributed by atoms with E-state index < -0.39 is 0 Å². The molecule has 0 aromatic carbocycles. The van der Waals surface area contributed by atoms with Gasteiger partial charge in [0, 0.05) is 18.2 Å². The number of aryl methyl sites for hydroxylation is 1. The van der Waals surface area contributed by atoms with E-state index in [1.807, 2.05) is 6.92 Å². The highest BCUT2D eigenvalue weighted by molar-refractivity contribution is 5.54. The maximum atomic E-state index is 11.7. The summed E-state index contributed by atoms with van der Waals surface area (Å²) < 4.78 is 1.59. The highest BCUT2D eigenvalue weighted by atomic mass is 16.1. The molecule has 2 N–H and O–H groups in total. The van der Waals surface area contributed by atoms with Crippen molar-refractivity contribution in [3.63, 3.8) is 0 Å². The first kappa shape index (κ1) is 12.2. The van der Waals surface area contributed by atoms with Crippen molar-refractivity contribution in [3.8, 4) is 0 Å². The van der Waals surface area contributed by atoms with Gasteiger partial charge in [-0.1, -0.05) is 0 Å². The Kier molecular flexibility index (Phi) is 2.98. The molecule has 1 unspecified atom stereocenters. The average molecular weight is 262 g/mol. The molecule has 7 heteroatoms. The zero-order chi connectivity index (χ0) is 13.4. The normalized spacial score (nSPS) is 20.8. The molecule has 1 atom stereocenters. The smallest absolute Gasteiger partial charge is 0.290 e. The van der Waals surface area contributed by atoms with Crippen molar-refractivity contribution in [3.05, 3.63) is 22.1 Å². The summed E-state index contributed by atoms with van der Waals surface area (Å²) in [6, 6.07) is 0.338. The molecule has 3 rings (SSSR count).